The van der Waals surface area contributed by atoms with Crippen molar-refractivity contribution >= 4 is 0 Å². The molecule has 0 atom stereocenters. The molecule has 12 heavy (non-hydrogen) atoms. The Bertz CT molecular complexity index is 116. The van der Waals surface area contributed by atoms with Gasteiger partial charge in [0.1, 0.15) is 0 Å². The Morgan fingerprint density at radius 1 is 1.42 bits per heavy atom. The van der Waals surface area contributed by atoms with Crippen molar-refractivity contribution in [3.8, 4) is 0 Å². The topological polar surface area (TPSA) is 3.24 Å². The predicted molar refractivity (Wildman–Crippen MR) is 54.1 cm³/mol. The zero-order valence-corrected chi connectivity index (χ0v) is 8.55. The zero-order valence-electron chi connectivity index (χ0n) is 8.55. The van der Waals surface area contributed by atoms with E-state index >= 15 is 0 Å². The molecule has 0 aromatic heterocycles. The van der Waals surface area contributed by atoms with Crippen LogP contribution in [-0.4, -0.2) is 23.5 Å². The van der Waals surface area contributed by atoms with Gasteiger partial charge in [-0.15, -0.1) is 0 Å². The summed E-state index contributed by atoms with van der Waals surface area (Å²) >= 11 is 0. The molecule has 0 N–H and O–H groups in total. The van der Waals surface area contributed by atoms with Gasteiger partial charge in [-0.3, -0.25) is 4.90 Å². The monoisotopic (exact) mass is 168 g/mol. The fourth-order valence-electron chi connectivity index (χ4n) is 1.88. The summed E-state index contributed by atoms with van der Waals surface area (Å²) in [5.74, 6) is 0. The smallest absolute Gasteiger partial charge is 0.00979 e. The van der Waals surface area contributed by atoms with Gasteiger partial charge in [-0.2, -0.15) is 0 Å². The lowest BCUT2D eigenvalue weighted by Crippen LogP contribution is -2.44. The van der Waals surface area contributed by atoms with Gasteiger partial charge in [-0.05, 0) is 39.7 Å². The number of hydrogen-bond donors (Lipinski definition) is 0. The fraction of sp³-hybridized carbons (Fsp3) is 0.909. The standard InChI is InChI=1S/C11H22N/c1-4-5-9-12(10(2)3)11-7-6-8-11/h10-11H,1,4-9H2,2-3H3. The molecule has 1 saturated carbocycles. The summed E-state index contributed by atoms with van der Waals surface area (Å²) in [4.78, 5) is 2.65. The van der Waals surface area contributed by atoms with Crippen molar-refractivity contribution < 1.29 is 0 Å². The lowest BCUT2D eigenvalue weighted by atomic mass is 9.90. The van der Waals surface area contributed by atoms with Crippen molar-refractivity contribution in [2.45, 2.75) is 58.0 Å². The van der Waals surface area contributed by atoms with Crippen molar-refractivity contribution in [1.82, 2.24) is 4.90 Å². The first-order valence-electron chi connectivity index (χ1n) is 5.30. The van der Waals surface area contributed by atoms with E-state index in [1.807, 2.05) is 0 Å². The quantitative estimate of drug-likeness (QED) is 0.610. The minimum Gasteiger partial charge on any atom is -0.298 e. The van der Waals surface area contributed by atoms with E-state index in [2.05, 4.69) is 25.7 Å². The van der Waals surface area contributed by atoms with Crippen LogP contribution in [0.5, 0.6) is 0 Å². The van der Waals surface area contributed by atoms with Crippen LogP contribution in [0.15, 0.2) is 0 Å². The largest absolute Gasteiger partial charge is 0.298 e. The molecule has 1 aliphatic rings. The van der Waals surface area contributed by atoms with Gasteiger partial charge in [0.15, 0.2) is 0 Å². The molecular weight excluding hydrogens is 146 g/mol. The van der Waals surface area contributed by atoms with Crippen molar-refractivity contribution in [2.24, 2.45) is 0 Å². The van der Waals surface area contributed by atoms with Crippen molar-refractivity contribution in [1.29, 1.82) is 0 Å². The normalized spacial score (nSPS) is 18.8. The summed E-state index contributed by atoms with van der Waals surface area (Å²) in [7, 11) is 0. The van der Waals surface area contributed by atoms with E-state index in [0.717, 1.165) is 18.5 Å². The zero-order chi connectivity index (χ0) is 8.97. The highest BCUT2D eigenvalue weighted by molar-refractivity contribution is 4.81. The van der Waals surface area contributed by atoms with E-state index in [0.29, 0.717) is 0 Å². The van der Waals surface area contributed by atoms with Gasteiger partial charge in [-0.25, -0.2) is 0 Å². The van der Waals surface area contributed by atoms with Crippen LogP contribution in [0.4, 0.5) is 0 Å². The summed E-state index contributed by atoms with van der Waals surface area (Å²) in [5, 5.41) is 0. The highest BCUT2D eigenvalue weighted by Crippen LogP contribution is 2.26. The molecule has 0 aliphatic heterocycles. The summed E-state index contributed by atoms with van der Waals surface area (Å²) in [6, 6.07) is 1.62. The van der Waals surface area contributed by atoms with E-state index in [-0.39, 0.29) is 0 Å². The van der Waals surface area contributed by atoms with Gasteiger partial charge in [0.25, 0.3) is 0 Å². The second-order valence-electron chi connectivity index (χ2n) is 4.12. The SMILES string of the molecule is [CH2]CCCN(C(C)C)C1CCC1. The molecule has 1 radical (unpaired) electrons. The molecular formula is C11H22N. The molecule has 0 spiro atoms. The van der Waals surface area contributed by atoms with Crippen LogP contribution in [0.1, 0.15) is 46.0 Å². The van der Waals surface area contributed by atoms with E-state index < -0.39 is 0 Å². The first kappa shape index (κ1) is 10.0. The molecule has 1 rings (SSSR count). The third-order valence-electron chi connectivity index (χ3n) is 2.87. The molecule has 0 unspecified atom stereocenters. The number of nitrogens with zero attached hydrogens (tertiary/aromatic N) is 1. The second kappa shape index (κ2) is 4.86. The first-order chi connectivity index (χ1) is 5.75. The van der Waals surface area contributed by atoms with Crippen LogP contribution in [0.25, 0.3) is 0 Å². The second-order valence-corrected chi connectivity index (χ2v) is 4.12. The van der Waals surface area contributed by atoms with E-state index in [1.165, 1.54) is 32.2 Å². The maximum Gasteiger partial charge on any atom is 0.00979 e. The molecule has 1 nitrogen and oxygen atoms in total. The van der Waals surface area contributed by atoms with Crippen molar-refractivity contribution in [3.63, 3.8) is 0 Å². The summed E-state index contributed by atoms with van der Waals surface area (Å²) in [6.07, 6.45) is 6.63. The van der Waals surface area contributed by atoms with Crippen molar-refractivity contribution in [2.75, 3.05) is 6.54 Å². The van der Waals surface area contributed by atoms with Crippen LogP contribution in [0.3, 0.4) is 0 Å². The van der Waals surface area contributed by atoms with E-state index in [1.54, 1.807) is 0 Å². The number of unbranched alkanes of at least 4 members (excludes halogenated alkanes) is 1. The fourth-order valence-corrected chi connectivity index (χ4v) is 1.88. The van der Waals surface area contributed by atoms with Crippen LogP contribution in [0.2, 0.25) is 0 Å². The summed E-state index contributed by atoms with van der Waals surface area (Å²) in [6.45, 7) is 9.76. The highest BCUT2D eigenvalue weighted by Gasteiger charge is 2.25. The molecule has 71 valence electrons. The first-order valence-corrected chi connectivity index (χ1v) is 5.30. The third-order valence-corrected chi connectivity index (χ3v) is 2.87. The van der Waals surface area contributed by atoms with E-state index in [4.69, 9.17) is 0 Å². The molecule has 0 aromatic rings. The molecule has 0 saturated heterocycles. The lowest BCUT2D eigenvalue weighted by molar-refractivity contribution is 0.0934. The lowest BCUT2D eigenvalue weighted by Gasteiger charge is -2.40. The third kappa shape index (κ3) is 2.48. The minimum absolute atomic E-state index is 0.724. The molecule has 1 heteroatoms. The molecule has 0 heterocycles. The average molecular weight is 168 g/mol. The number of rotatable bonds is 5. The summed E-state index contributed by atoms with van der Waals surface area (Å²) < 4.78 is 0. The Balaban J connectivity index is 2.27. The Kier molecular flexibility index (Phi) is 4.07. The van der Waals surface area contributed by atoms with Crippen LogP contribution in [-0.2, 0) is 0 Å². The Morgan fingerprint density at radius 2 is 2.08 bits per heavy atom. The highest BCUT2D eigenvalue weighted by atomic mass is 15.2. The summed E-state index contributed by atoms with van der Waals surface area (Å²) in [5.41, 5.74) is 0. The average Bonchev–Trinajstić information content (AvgIpc) is 1.93. The molecule has 0 aromatic carbocycles. The Labute approximate surface area is 77.1 Å². The van der Waals surface area contributed by atoms with Crippen LogP contribution >= 0.6 is 0 Å². The molecule has 1 fully saturated rings. The number of hydrogen-bond acceptors (Lipinski definition) is 1. The van der Waals surface area contributed by atoms with Crippen LogP contribution < -0.4 is 0 Å². The van der Waals surface area contributed by atoms with Crippen LogP contribution in [0, 0.1) is 6.92 Å². The van der Waals surface area contributed by atoms with E-state index in [9.17, 15) is 0 Å². The maximum atomic E-state index is 3.89. The molecule has 0 bridgehead atoms. The predicted octanol–water partition coefficient (Wildman–Crippen LogP) is 2.86. The van der Waals surface area contributed by atoms with Gasteiger partial charge in [0, 0.05) is 12.1 Å². The van der Waals surface area contributed by atoms with Gasteiger partial charge in [0.05, 0.1) is 0 Å². The Morgan fingerprint density at radius 3 is 2.42 bits per heavy atom. The maximum absolute atomic E-state index is 3.89. The van der Waals surface area contributed by atoms with Crippen molar-refractivity contribution in [3.05, 3.63) is 6.92 Å². The molecule has 1 aliphatic carbocycles. The Hall–Kier alpha value is -0.0400. The van der Waals surface area contributed by atoms with Gasteiger partial charge < -0.3 is 0 Å². The van der Waals surface area contributed by atoms with Gasteiger partial charge >= 0.3 is 0 Å². The molecule has 0 amide bonds. The minimum atomic E-state index is 0.724. The van der Waals surface area contributed by atoms with Gasteiger partial charge in [-0.1, -0.05) is 19.8 Å². The van der Waals surface area contributed by atoms with Gasteiger partial charge in [0.2, 0.25) is 0 Å².